The second kappa shape index (κ2) is 4.70. The Labute approximate surface area is 107 Å². The molecule has 2 aliphatic rings. The third kappa shape index (κ3) is 3.53. The summed E-state index contributed by atoms with van der Waals surface area (Å²) in [6, 6.07) is 0. The first-order valence-electron chi connectivity index (χ1n) is 5.79. The molecule has 0 amide bonds. The molecule has 17 heavy (non-hydrogen) atoms. The molecular formula is C10H18N2O3S2. The second-order valence-corrected chi connectivity index (χ2v) is 7.60. The van der Waals surface area contributed by atoms with Crippen LogP contribution in [0.3, 0.4) is 0 Å². The van der Waals surface area contributed by atoms with Crippen LogP contribution in [0.4, 0.5) is 0 Å². The van der Waals surface area contributed by atoms with Gasteiger partial charge in [0.1, 0.15) is 6.23 Å². The van der Waals surface area contributed by atoms with Gasteiger partial charge in [0.2, 0.25) is 0 Å². The van der Waals surface area contributed by atoms with E-state index in [9.17, 15) is 8.42 Å². The predicted molar refractivity (Wildman–Crippen MR) is 69.5 cm³/mol. The predicted octanol–water partition coefficient (Wildman–Crippen LogP) is 0.164. The molecular weight excluding hydrogens is 260 g/mol. The summed E-state index contributed by atoms with van der Waals surface area (Å²) in [7, 11) is -2.91. The molecule has 2 heterocycles. The lowest BCUT2D eigenvalue weighted by molar-refractivity contribution is 0.0995. The molecule has 98 valence electrons. The summed E-state index contributed by atoms with van der Waals surface area (Å²) in [5.74, 6) is 0.381. The number of ether oxygens (including phenoxy) is 1. The monoisotopic (exact) mass is 278 g/mol. The fourth-order valence-electron chi connectivity index (χ4n) is 2.26. The lowest BCUT2D eigenvalue weighted by atomic mass is 10.0. The first kappa shape index (κ1) is 13.0. The molecule has 0 aliphatic carbocycles. The van der Waals surface area contributed by atoms with E-state index in [2.05, 4.69) is 10.6 Å². The van der Waals surface area contributed by atoms with Crippen LogP contribution in [0, 0.1) is 0 Å². The van der Waals surface area contributed by atoms with E-state index in [0.29, 0.717) is 11.5 Å². The normalized spacial score (nSPS) is 35.7. The molecule has 5 nitrogen and oxygen atoms in total. The zero-order valence-corrected chi connectivity index (χ0v) is 11.5. The Morgan fingerprint density at radius 1 is 1.53 bits per heavy atom. The fraction of sp³-hybridized carbons (Fsp3) is 0.900. The van der Waals surface area contributed by atoms with Crippen molar-refractivity contribution in [3.63, 3.8) is 0 Å². The highest BCUT2D eigenvalue weighted by Crippen LogP contribution is 2.22. The first-order chi connectivity index (χ1) is 7.89. The lowest BCUT2D eigenvalue weighted by Gasteiger charge is -2.27. The van der Waals surface area contributed by atoms with Gasteiger partial charge in [0.05, 0.1) is 17.0 Å². The van der Waals surface area contributed by atoms with Gasteiger partial charge in [0.25, 0.3) is 0 Å². The van der Waals surface area contributed by atoms with Gasteiger partial charge in [0, 0.05) is 6.61 Å². The molecule has 2 unspecified atom stereocenters. The molecule has 0 bridgehead atoms. The average Bonchev–Trinajstić information content (AvgIpc) is 2.74. The molecule has 7 heteroatoms. The maximum absolute atomic E-state index is 11.4. The van der Waals surface area contributed by atoms with E-state index < -0.39 is 15.4 Å². The zero-order chi connectivity index (χ0) is 12.5. The van der Waals surface area contributed by atoms with Gasteiger partial charge in [-0.3, -0.25) is 0 Å². The molecule has 2 N–H and O–H groups in total. The van der Waals surface area contributed by atoms with Crippen LogP contribution in [0.1, 0.15) is 26.2 Å². The molecule has 0 radical (unpaired) electrons. The van der Waals surface area contributed by atoms with Gasteiger partial charge in [-0.25, -0.2) is 8.42 Å². The fourth-order valence-corrected chi connectivity index (χ4v) is 4.73. The molecule has 0 aromatic heterocycles. The van der Waals surface area contributed by atoms with Crippen LogP contribution >= 0.6 is 12.2 Å². The van der Waals surface area contributed by atoms with Gasteiger partial charge in [-0.05, 0) is 38.4 Å². The van der Waals surface area contributed by atoms with Crippen molar-refractivity contribution in [1.82, 2.24) is 10.6 Å². The van der Waals surface area contributed by atoms with Crippen LogP contribution in [-0.2, 0) is 14.6 Å². The zero-order valence-electron chi connectivity index (χ0n) is 9.86. The highest BCUT2D eigenvalue weighted by Gasteiger charge is 2.39. The van der Waals surface area contributed by atoms with E-state index in [1.807, 2.05) is 6.92 Å². The Kier molecular flexibility index (Phi) is 3.61. The summed E-state index contributed by atoms with van der Waals surface area (Å²) in [6.45, 7) is 2.65. The summed E-state index contributed by atoms with van der Waals surface area (Å²) < 4.78 is 28.3. The SMILES string of the molecule is CC1(NC(=S)NC2CCCO2)CCS(=O)(=O)C1. The Hall–Kier alpha value is -0.400. The summed E-state index contributed by atoms with van der Waals surface area (Å²) in [5, 5.41) is 6.64. The number of hydrogen-bond donors (Lipinski definition) is 2. The van der Waals surface area contributed by atoms with E-state index in [4.69, 9.17) is 17.0 Å². The van der Waals surface area contributed by atoms with Crippen LogP contribution in [0.25, 0.3) is 0 Å². The number of sulfone groups is 1. The van der Waals surface area contributed by atoms with Crippen molar-refractivity contribution >= 4 is 27.2 Å². The quantitative estimate of drug-likeness (QED) is 0.702. The maximum atomic E-state index is 11.4. The Balaban J connectivity index is 1.86. The van der Waals surface area contributed by atoms with E-state index in [-0.39, 0.29) is 17.7 Å². The van der Waals surface area contributed by atoms with Gasteiger partial charge in [-0.1, -0.05) is 0 Å². The lowest BCUT2D eigenvalue weighted by Crippen LogP contribution is -2.52. The van der Waals surface area contributed by atoms with Crippen molar-refractivity contribution in [3.05, 3.63) is 0 Å². The summed E-state index contributed by atoms with van der Waals surface area (Å²) in [5.41, 5.74) is -0.443. The van der Waals surface area contributed by atoms with Crippen LogP contribution < -0.4 is 10.6 Å². The van der Waals surface area contributed by atoms with Crippen molar-refractivity contribution in [2.45, 2.75) is 38.0 Å². The van der Waals surface area contributed by atoms with E-state index >= 15 is 0 Å². The van der Waals surface area contributed by atoms with Crippen LogP contribution in [0.2, 0.25) is 0 Å². The van der Waals surface area contributed by atoms with Gasteiger partial charge in [-0.2, -0.15) is 0 Å². The van der Waals surface area contributed by atoms with Crippen LogP contribution in [0.5, 0.6) is 0 Å². The van der Waals surface area contributed by atoms with Gasteiger partial charge in [0.15, 0.2) is 14.9 Å². The third-order valence-electron chi connectivity index (χ3n) is 3.14. The number of hydrogen-bond acceptors (Lipinski definition) is 4. The van der Waals surface area contributed by atoms with E-state index in [1.165, 1.54) is 0 Å². The molecule has 2 rings (SSSR count). The third-order valence-corrected chi connectivity index (χ3v) is 5.26. The molecule has 2 saturated heterocycles. The first-order valence-corrected chi connectivity index (χ1v) is 8.02. The molecule has 0 aromatic rings. The topological polar surface area (TPSA) is 67.4 Å². The van der Waals surface area contributed by atoms with Crippen molar-refractivity contribution in [3.8, 4) is 0 Å². The summed E-state index contributed by atoms with van der Waals surface area (Å²) >= 11 is 5.18. The minimum Gasteiger partial charge on any atom is -0.359 e. The molecule has 2 atom stereocenters. The van der Waals surface area contributed by atoms with Crippen LogP contribution in [0.15, 0.2) is 0 Å². The standard InChI is InChI=1S/C10H18N2O3S2/c1-10(4-6-17(13,14)7-10)12-9(16)11-8-3-2-5-15-8/h8H,2-7H2,1H3,(H2,11,12,16). The Morgan fingerprint density at radius 3 is 2.82 bits per heavy atom. The maximum Gasteiger partial charge on any atom is 0.168 e. The van der Waals surface area contributed by atoms with Crippen LogP contribution in [-0.4, -0.2) is 43.4 Å². The molecule has 2 fully saturated rings. The van der Waals surface area contributed by atoms with Crippen molar-refractivity contribution in [2.24, 2.45) is 0 Å². The molecule has 0 aromatic carbocycles. The summed E-state index contributed by atoms with van der Waals surface area (Å²) in [6.07, 6.45) is 2.54. The second-order valence-electron chi connectivity index (χ2n) is 5.00. The summed E-state index contributed by atoms with van der Waals surface area (Å²) in [4.78, 5) is 0. The Bertz CT molecular complexity index is 404. The minimum atomic E-state index is -2.91. The van der Waals surface area contributed by atoms with Gasteiger partial charge in [-0.15, -0.1) is 0 Å². The van der Waals surface area contributed by atoms with Crippen molar-refractivity contribution in [2.75, 3.05) is 18.1 Å². The highest BCUT2D eigenvalue weighted by molar-refractivity contribution is 7.91. The average molecular weight is 278 g/mol. The number of nitrogens with one attached hydrogen (secondary N) is 2. The van der Waals surface area contributed by atoms with Crippen molar-refractivity contribution < 1.29 is 13.2 Å². The highest BCUT2D eigenvalue weighted by atomic mass is 32.2. The minimum absolute atomic E-state index is 0.0309. The van der Waals surface area contributed by atoms with E-state index in [0.717, 1.165) is 19.4 Å². The smallest absolute Gasteiger partial charge is 0.168 e. The van der Waals surface area contributed by atoms with Crippen molar-refractivity contribution in [1.29, 1.82) is 0 Å². The van der Waals surface area contributed by atoms with Gasteiger partial charge < -0.3 is 15.4 Å². The largest absolute Gasteiger partial charge is 0.359 e. The Morgan fingerprint density at radius 2 is 2.29 bits per heavy atom. The van der Waals surface area contributed by atoms with E-state index in [1.54, 1.807) is 0 Å². The molecule has 0 saturated carbocycles. The van der Waals surface area contributed by atoms with Gasteiger partial charge >= 0.3 is 0 Å². The number of rotatable bonds is 2. The number of thiocarbonyl (C=S) groups is 1. The molecule has 0 spiro atoms. The molecule has 2 aliphatic heterocycles.